The molecular weight excluding hydrogens is 304 g/mol. The Bertz CT molecular complexity index is 1110. The first kappa shape index (κ1) is 14.5. The van der Waals surface area contributed by atoms with Crippen LogP contribution in [0.3, 0.4) is 0 Å². The van der Waals surface area contributed by atoms with Crippen LogP contribution in [-0.4, -0.2) is 17.1 Å². The molecular formula is C19H16N2O3. The monoisotopic (exact) mass is 320 g/mol. The number of oxazole rings is 1. The van der Waals surface area contributed by atoms with Gasteiger partial charge in [-0.2, -0.15) is 0 Å². The van der Waals surface area contributed by atoms with Gasteiger partial charge in [0.1, 0.15) is 5.75 Å². The molecule has 24 heavy (non-hydrogen) atoms. The molecule has 0 atom stereocenters. The molecule has 2 aromatic carbocycles. The maximum absolute atomic E-state index is 11.4. The van der Waals surface area contributed by atoms with E-state index >= 15 is 0 Å². The van der Waals surface area contributed by atoms with Crippen molar-refractivity contribution in [3.63, 3.8) is 0 Å². The fourth-order valence-corrected chi connectivity index (χ4v) is 2.89. The summed E-state index contributed by atoms with van der Waals surface area (Å²) in [6, 6.07) is 13.1. The Kier molecular flexibility index (Phi) is 3.34. The Morgan fingerprint density at radius 1 is 1.17 bits per heavy atom. The highest BCUT2D eigenvalue weighted by atomic mass is 16.5. The van der Waals surface area contributed by atoms with Crippen LogP contribution in [0, 0.1) is 0 Å². The molecule has 0 aliphatic heterocycles. The maximum atomic E-state index is 11.4. The second-order valence-electron chi connectivity index (χ2n) is 5.58. The molecule has 0 bridgehead atoms. The molecule has 0 saturated heterocycles. The van der Waals surface area contributed by atoms with Gasteiger partial charge in [-0.15, -0.1) is 0 Å². The number of hydrogen-bond acceptors (Lipinski definition) is 4. The Balaban J connectivity index is 1.97. The third-order valence-corrected chi connectivity index (χ3v) is 4.11. The number of fused-ring (bicyclic) bond motifs is 2. The average Bonchev–Trinajstić information content (AvgIpc) is 3.05. The quantitative estimate of drug-likeness (QED) is 0.621. The van der Waals surface area contributed by atoms with Gasteiger partial charge in [0.05, 0.1) is 7.11 Å². The number of aromatic amines is 1. The second kappa shape index (κ2) is 5.53. The van der Waals surface area contributed by atoms with Crippen molar-refractivity contribution in [2.45, 2.75) is 13.3 Å². The van der Waals surface area contributed by atoms with Gasteiger partial charge in [-0.1, -0.05) is 13.0 Å². The van der Waals surface area contributed by atoms with Crippen LogP contribution >= 0.6 is 0 Å². The summed E-state index contributed by atoms with van der Waals surface area (Å²) in [7, 11) is 1.63. The lowest BCUT2D eigenvalue weighted by Gasteiger charge is -2.06. The van der Waals surface area contributed by atoms with Crippen LogP contribution in [0.1, 0.15) is 12.8 Å². The molecule has 0 saturated carbocycles. The van der Waals surface area contributed by atoms with Crippen molar-refractivity contribution in [2.75, 3.05) is 7.11 Å². The molecule has 0 amide bonds. The smallest absolute Gasteiger partial charge is 0.248 e. The molecule has 0 radical (unpaired) electrons. The summed E-state index contributed by atoms with van der Waals surface area (Å²) >= 11 is 0. The van der Waals surface area contributed by atoms with Gasteiger partial charge in [0, 0.05) is 23.6 Å². The van der Waals surface area contributed by atoms with E-state index in [2.05, 4.69) is 9.97 Å². The number of aromatic nitrogens is 2. The largest absolute Gasteiger partial charge is 0.494 e. The fourth-order valence-electron chi connectivity index (χ4n) is 2.89. The Morgan fingerprint density at radius 3 is 2.83 bits per heavy atom. The van der Waals surface area contributed by atoms with Crippen molar-refractivity contribution in [1.29, 1.82) is 0 Å². The molecule has 0 fully saturated rings. The van der Waals surface area contributed by atoms with Crippen molar-refractivity contribution in [3.05, 3.63) is 58.7 Å². The summed E-state index contributed by atoms with van der Waals surface area (Å²) in [5.74, 6) is 1.38. The van der Waals surface area contributed by atoms with Crippen LogP contribution < -0.4 is 10.3 Å². The Labute approximate surface area is 137 Å². The second-order valence-corrected chi connectivity index (χ2v) is 5.58. The number of nitrogens with one attached hydrogen (secondary N) is 1. The molecule has 5 nitrogen and oxygen atoms in total. The van der Waals surface area contributed by atoms with Gasteiger partial charge < -0.3 is 14.1 Å². The number of methoxy groups -OCH3 is 1. The SMILES string of the molecule is CCc1nc2c(OC)ccc(-c3ccc4[nH]c(=O)ccc4c3)c2o1. The van der Waals surface area contributed by atoms with E-state index in [0.29, 0.717) is 11.6 Å². The Morgan fingerprint density at radius 2 is 2.04 bits per heavy atom. The van der Waals surface area contributed by atoms with Crippen LogP contribution in [0.4, 0.5) is 0 Å². The summed E-state index contributed by atoms with van der Waals surface area (Å²) in [5.41, 5.74) is 4.10. The number of aryl methyl sites for hydroxylation is 1. The van der Waals surface area contributed by atoms with Gasteiger partial charge >= 0.3 is 0 Å². The molecule has 1 N–H and O–H groups in total. The summed E-state index contributed by atoms with van der Waals surface area (Å²) in [5, 5.41) is 0.964. The van der Waals surface area contributed by atoms with Gasteiger partial charge in [-0.05, 0) is 41.3 Å². The molecule has 0 spiro atoms. The highest BCUT2D eigenvalue weighted by molar-refractivity contribution is 5.96. The van der Waals surface area contributed by atoms with E-state index in [1.165, 1.54) is 6.07 Å². The van der Waals surface area contributed by atoms with Gasteiger partial charge in [0.15, 0.2) is 17.0 Å². The van der Waals surface area contributed by atoms with Crippen molar-refractivity contribution in [2.24, 2.45) is 0 Å². The lowest BCUT2D eigenvalue weighted by atomic mass is 10.0. The summed E-state index contributed by atoms with van der Waals surface area (Å²) in [6.07, 6.45) is 0.718. The first-order chi connectivity index (χ1) is 11.7. The molecule has 4 rings (SSSR count). The first-order valence-electron chi connectivity index (χ1n) is 7.79. The topological polar surface area (TPSA) is 68.1 Å². The lowest BCUT2D eigenvalue weighted by Crippen LogP contribution is -2.01. The summed E-state index contributed by atoms with van der Waals surface area (Å²) in [4.78, 5) is 18.8. The predicted octanol–water partition coefficient (Wildman–Crippen LogP) is 3.91. The third kappa shape index (κ3) is 2.25. The number of nitrogens with zero attached hydrogens (tertiary/aromatic N) is 1. The fraction of sp³-hybridized carbons (Fsp3) is 0.158. The minimum absolute atomic E-state index is 0.107. The van der Waals surface area contributed by atoms with Crippen molar-refractivity contribution in [1.82, 2.24) is 9.97 Å². The lowest BCUT2D eigenvalue weighted by molar-refractivity contribution is 0.419. The maximum Gasteiger partial charge on any atom is 0.248 e. The van der Waals surface area contributed by atoms with Gasteiger partial charge in [0.25, 0.3) is 0 Å². The van der Waals surface area contributed by atoms with Gasteiger partial charge in [0.2, 0.25) is 5.56 Å². The molecule has 0 aliphatic rings. The summed E-state index contributed by atoms with van der Waals surface area (Å²) in [6.45, 7) is 2.00. The van der Waals surface area contributed by atoms with Crippen LogP contribution in [0.2, 0.25) is 0 Å². The van der Waals surface area contributed by atoms with Crippen LogP contribution in [-0.2, 0) is 6.42 Å². The van der Waals surface area contributed by atoms with E-state index < -0.39 is 0 Å². The van der Waals surface area contributed by atoms with Crippen LogP contribution in [0.5, 0.6) is 5.75 Å². The molecule has 0 aliphatic carbocycles. The number of H-pyrrole nitrogens is 1. The highest BCUT2D eigenvalue weighted by Crippen LogP contribution is 2.35. The van der Waals surface area contributed by atoms with E-state index in [-0.39, 0.29) is 5.56 Å². The third-order valence-electron chi connectivity index (χ3n) is 4.11. The molecule has 5 heteroatoms. The minimum atomic E-state index is -0.107. The summed E-state index contributed by atoms with van der Waals surface area (Å²) < 4.78 is 11.3. The van der Waals surface area contributed by atoms with Crippen molar-refractivity contribution in [3.8, 4) is 16.9 Å². The first-order valence-corrected chi connectivity index (χ1v) is 7.79. The molecule has 4 aromatic rings. The van der Waals surface area contributed by atoms with Gasteiger partial charge in [-0.3, -0.25) is 4.79 Å². The van der Waals surface area contributed by atoms with Crippen LogP contribution in [0.25, 0.3) is 33.1 Å². The van der Waals surface area contributed by atoms with E-state index in [9.17, 15) is 4.79 Å². The van der Waals surface area contributed by atoms with Crippen LogP contribution in [0.15, 0.2) is 51.7 Å². The highest BCUT2D eigenvalue weighted by Gasteiger charge is 2.15. The van der Waals surface area contributed by atoms with E-state index in [4.69, 9.17) is 9.15 Å². The average molecular weight is 320 g/mol. The number of hydrogen-bond donors (Lipinski definition) is 1. The molecule has 0 unspecified atom stereocenters. The number of benzene rings is 2. The van der Waals surface area contributed by atoms with E-state index in [0.717, 1.165) is 39.6 Å². The molecule has 2 heterocycles. The number of ether oxygens (including phenoxy) is 1. The van der Waals surface area contributed by atoms with E-state index in [1.807, 2.05) is 43.3 Å². The zero-order chi connectivity index (χ0) is 16.7. The normalized spacial score (nSPS) is 11.2. The number of rotatable bonds is 3. The zero-order valence-corrected chi connectivity index (χ0v) is 13.4. The van der Waals surface area contributed by atoms with E-state index in [1.54, 1.807) is 7.11 Å². The number of pyridine rings is 1. The zero-order valence-electron chi connectivity index (χ0n) is 13.4. The Hall–Kier alpha value is -3.08. The predicted molar refractivity (Wildman–Crippen MR) is 93.5 cm³/mol. The van der Waals surface area contributed by atoms with Crippen molar-refractivity contribution >= 4 is 22.0 Å². The molecule has 2 aromatic heterocycles. The standard InChI is InChI=1S/C19H16N2O3/c1-3-17-21-18-15(23-2)8-6-13(19(18)24-17)11-4-7-14-12(10-11)5-9-16(22)20-14/h4-10H,3H2,1-2H3,(H,20,22). The molecule has 120 valence electrons. The van der Waals surface area contributed by atoms with Gasteiger partial charge in [-0.25, -0.2) is 4.98 Å². The minimum Gasteiger partial charge on any atom is -0.494 e. The van der Waals surface area contributed by atoms with Crippen molar-refractivity contribution < 1.29 is 9.15 Å².